The number of thiazole rings is 1. The van der Waals surface area contributed by atoms with Gasteiger partial charge in [0.25, 0.3) is 5.91 Å². The number of amides is 1. The number of carbonyl (C=O) groups is 1. The molecule has 1 aliphatic heterocycles. The molecule has 2 heterocycles. The van der Waals surface area contributed by atoms with Gasteiger partial charge in [-0.1, -0.05) is 0 Å². The number of anilines is 1. The summed E-state index contributed by atoms with van der Waals surface area (Å²) in [6.07, 6.45) is 1.38. The molecule has 1 amide bonds. The van der Waals surface area contributed by atoms with E-state index in [2.05, 4.69) is 10.3 Å². The second-order valence-corrected chi connectivity index (χ2v) is 5.62. The lowest BCUT2D eigenvalue weighted by atomic mass is 10.2. The molecule has 3 rings (SSSR count). The third kappa shape index (κ3) is 3.22. The van der Waals surface area contributed by atoms with Crippen molar-refractivity contribution in [3.8, 4) is 17.0 Å². The number of methoxy groups -OCH3 is 1. The maximum Gasteiger partial charge on any atom is 0.255 e. The van der Waals surface area contributed by atoms with Gasteiger partial charge in [-0.2, -0.15) is 0 Å². The highest BCUT2D eigenvalue weighted by atomic mass is 32.1. The first kappa shape index (κ1) is 14.0. The topological polar surface area (TPSA) is 60.5 Å². The summed E-state index contributed by atoms with van der Waals surface area (Å²) < 4.78 is 10.5. The zero-order valence-electron chi connectivity index (χ0n) is 11.7. The molecular formula is C15H16N2O3S. The average Bonchev–Trinajstić information content (AvgIpc) is 3.19. The zero-order chi connectivity index (χ0) is 14.7. The van der Waals surface area contributed by atoms with Gasteiger partial charge in [0.2, 0.25) is 0 Å². The van der Waals surface area contributed by atoms with Crippen molar-refractivity contribution < 1.29 is 14.3 Å². The van der Waals surface area contributed by atoms with Crippen molar-refractivity contribution in [1.82, 2.24) is 4.98 Å². The van der Waals surface area contributed by atoms with Crippen LogP contribution in [-0.2, 0) is 9.53 Å². The highest BCUT2D eigenvalue weighted by Crippen LogP contribution is 2.27. The number of nitrogens with zero attached hydrogens (tertiary/aromatic N) is 1. The lowest BCUT2D eigenvalue weighted by molar-refractivity contribution is -0.124. The van der Waals surface area contributed by atoms with Crippen molar-refractivity contribution in [3.63, 3.8) is 0 Å². The molecule has 6 heteroatoms. The molecule has 1 aromatic carbocycles. The molecule has 1 atom stereocenters. The molecule has 0 spiro atoms. The number of benzene rings is 1. The van der Waals surface area contributed by atoms with E-state index in [9.17, 15) is 4.79 Å². The lowest BCUT2D eigenvalue weighted by Crippen LogP contribution is -2.26. The molecule has 1 N–H and O–H groups in total. The number of hydrogen-bond donors (Lipinski definition) is 1. The van der Waals surface area contributed by atoms with Crippen LogP contribution in [-0.4, -0.2) is 30.7 Å². The van der Waals surface area contributed by atoms with Gasteiger partial charge in [-0.25, -0.2) is 4.98 Å². The Morgan fingerprint density at radius 1 is 1.43 bits per heavy atom. The van der Waals surface area contributed by atoms with E-state index in [1.807, 2.05) is 29.6 Å². The molecule has 5 nitrogen and oxygen atoms in total. The molecule has 1 fully saturated rings. The molecule has 110 valence electrons. The standard InChI is InChI=1S/C15H16N2O3S/c1-19-11-6-4-10(5-7-11)12-9-21-15(16-12)17-14(18)13-3-2-8-20-13/h4-7,9,13H,2-3,8H2,1H3,(H,16,17,18)/t13-/m1/s1. The second kappa shape index (κ2) is 6.24. The van der Waals surface area contributed by atoms with Crippen LogP contribution < -0.4 is 10.1 Å². The van der Waals surface area contributed by atoms with E-state index >= 15 is 0 Å². The van der Waals surface area contributed by atoms with Gasteiger partial charge in [0.05, 0.1) is 12.8 Å². The van der Waals surface area contributed by atoms with Gasteiger partial charge < -0.3 is 9.47 Å². The summed E-state index contributed by atoms with van der Waals surface area (Å²) in [6.45, 7) is 0.660. The Morgan fingerprint density at radius 3 is 2.90 bits per heavy atom. The first-order chi connectivity index (χ1) is 10.3. The Labute approximate surface area is 126 Å². The van der Waals surface area contributed by atoms with Crippen LogP contribution >= 0.6 is 11.3 Å². The fourth-order valence-corrected chi connectivity index (χ4v) is 2.92. The van der Waals surface area contributed by atoms with E-state index in [-0.39, 0.29) is 12.0 Å². The normalized spacial score (nSPS) is 17.7. The van der Waals surface area contributed by atoms with E-state index in [4.69, 9.17) is 9.47 Å². The first-order valence-corrected chi connectivity index (χ1v) is 7.66. The summed E-state index contributed by atoms with van der Waals surface area (Å²) in [4.78, 5) is 16.4. The molecule has 21 heavy (non-hydrogen) atoms. The molecule has 2 aromatic rings. The Hall–Kier alpha value is -1.92. The van der Waals surface area contributed by atoms with Gasteiger partial charge in [-0.3, -0.25) is 10.1 Å². The largest absolute Gasteiger partial charge is 0.497 e. The van der Waals surface area contributed by atoms with Crippen LogP contribution in [0.25, 0.3) is 11.3 Å². The summed E-state index contributed by atoms with van der Waals surface area (Å²) in [5, 5.41) is 5.34. The van der Waals surface area contributed by atoms with Gasteiger partial charge >= 0.3 is 0 Å². The van der Waals surface area contributed by atoms with Gasteiger partial charge in [0.15, 0.2) is 5.13 Å². The third-order valence-electron chi connectivity index (χ3n) is 3.34. The SMILES string of the molecule is COc1ccc(-c2csc(NC(=O)[C@H]3CCCO3)n2)cc1. The maximum absolute atomic E-state index is 12.0. The highest BCUT2D eigenvalue weighted by molar-refractivity contribution is 7.14. The number of nitrogens with one attached hydrogen (secondary N) is 1. The van der Waals surface area contributed by atoms with Crippen LogP contribution in [0.15, 0.2) is 29.6 Å². The summed E-state index contributed by atoms with van der Waals surface area (Å²) in [7, 11) is 1.64. The summed E-state index contributed by atoms with van der Waals surface area (Å²) in [5.74, 6) is 0.698. The predicted octanol–water partition coefficient (Wildman–Crippen LogP) is 2.94. The Morgan fingerprint density at radius 2 is 2.24 bits per heavy atom. The third-order valence-corrected chi connectivity index (χ3v) is 4.10. The minimum absolute atomic E-state index is 0.108. The zero-order valence-corrected chi connectivity index (χ0v) is 12.5. The Bertz CT molecular complexity index is 618. The number of hydrogen-bond acceptors (Lipinski definition) is 5. The number of carbonyl (C=O) groups excluding carboxylic acids is 1. The summed E-state index contributed by atoms with van der Waals surface area (Å²) in [5.41, 5.74) is 1.83. The van der Waals surface area contributed by atoms with Gasteiger partial charge in [0.1, 0.15) is 11.9 Å². The molecule has 0 radical (unpaired) electrons. The van der Waals surface area contributed by atoms with Crippen LogP contribution in [0, 0.1) is 0 Å². The Balaban J connectivity index is 1.68. The number of aromatic nitrogens is 1. The van der Waals surface area contributed by atoms with Crippen molar-refractivity contribution in [3.05, 3.63) is 29.6 Å². The Kier molecular flexibility index (Phi) is 4.17. The fourth-order valence-electron chi connectivity index (χ4n) is 2.20. The highest BCUT2D eigenvalue weighted by Gasteiger charge is 2.24. The molecular weight excluding hydrogens is 288 g/mol. The van der Waals surface area contributed by atoms with Crippen LogP contribution in [0.1, 0.15) is 12.8 Å². The molecule has 0 bridgehead atoms. The quantitative estimate of drug-likeness (QED) is 0.943. The second-order valence-electron chi connectivity index (χ2n) is 4.76. The fraction of sp³-hybridized carbons (Fsp3) is 0.333. The molecule has 0 aliphatic carbocycles. The van der Waals surface area contributed by atoms with Gasteiger partial charge in [-0.15, -0.1) is 11.3 Å². The van der Waals surface area contributed by atoms with Crippen LogP contribution in [0.4, 0.5) is 5.13 Å². The lowest BCUT2D eigenvalue weighted by Gasteiger charge is -2.07. The molecule has 1 aromatic heterocycles. The number of ether oxygens (including phenoxy) is 2. The monoisotopic (exact) mass is 304 g/mol. The van der Waals surface area contributed by atoms with E-state index < -0.39 is 0 Å². The van der Waals surface area contributed by atoms with Crippen molar-refractivity contribution in [2.45, 2.75) is 18.9 Å². The first-order valence-electron chi connectivity index (χ1n) is 6.78. The van der Waals surface area contributed by atoms with Crippen LogP contribution in [0.5, 0.6) is 5.75 Å². The maximum atomic E-state index is 12.0. The van der Waals surface area contributed by atoms with E-state index in [1.54, 1.807) is 7.11 Å². The average molecular weight is 304 g/mol. The smallest absolute Gasteiger partial charge is 0.255 e. The van der Waals surface area contributed by atoms with Crippen molar-refractivity contribution in [2.24, 2.45) is 0 Å². The molecule has 0 saturated carbocycles. The minimum Gasteiger partial charge on any atom is -0.497 e. The predicted molar refractivity (Wildman–Crippen MR) is 81.7 cm³/mol. The van der Waals surface area contributed by atoms with Crippen molar-refractivity contribution in [2.75, 3.05) is 19.0 Å². The summed E-state index contributed by atoms with van der Waals surface area (Å²) >= 11 is 1.41. The van der Waals surface area contributed by atoms with E-state index in [0.29, 0.717) is 11.7 Å². The van der Waals surface area contributed by atoms with Crippen molar-refractivity contribution >= 4 is 22.4 Å². The molecule has 0 unspecified atom stereocenters. The van der Waals surface area contributed by atoms with E-state index in [1.165, 1.54) is 11.3 Å². The minimum atomic E-state index is -0.335. The van der Waals surface area contributed by atoms with Crippen LogP contribution in [0.3, 0.4) is 0 Å². The molecule has 1 aliphatic rings. The van der Waals surface area contributed by atoms with E-state index in [0.717, 1.165) is 29.8 Å². The van der Waals surface area contributed by atoms with Gasteiger partial charge in [-0.05, 0) is 37.1 Å². The van der Waals surface area contributed by atoms with Crippen LogP contribution in [0.2, 0.25) is 0 Å². The van der Waals surface area contributed by atoms with Gasteiger partial charge in [0, 0.05) is 17.6 Å². The number of rotatable bonds is 4. The molecule has 1 saturated heterocycles. The summed E-state index contributed by atoms with van der Waals surface area (Å²) in [6, 6.07) is 7.66. The van der Waals surface area contributed by atoms with Crippen molar-refractivity contribution in [1.29, 1.82) is 0 Å².